The smallest absolute Gasteiger partial charge is 0.163 e. The van der Waals surface area contributed by atoms with Gasteiger partial charge in [-0.05, 0) is 5.04 Å². The molecule has 0 saturated heterocycles. The summed E-state index contributed by atoms with van der Waals surface area (Å²) in [6.45, 7) is 11.1. The summed E-state index contributed by atoms with van der Waals surface area (Å²) in [7, 11) is -1.63. The summed E-state index contributed by atoms with van der Waals surface area (Å²) in [5, 5.41) is 0.220. The zero-order chi connectivity index (χ0) is 12.4. The molecule has 0 aliphatic rings. The van der Waals surface area contributed by atoms with Crippen molar-refractivity contribution in [3.05, 3.63) is 41.9 Å². The van der Waals surface area contributed by atoms with Gasteiger partial charge in [0.25, 0.3) is 0 Å². The Morgan fingerprint density at radius 2 is 1.62 bits per heavy atom. The fraction of sp³-hybridized carbons (Fsp3) is 0.429. The van der Waals surface area contributed by atoms with Gasteiger partial charge in [-0.1, -0.05) is 64.2 Å². The molecule has 0 spiro atoms. The van der Waals surface area contributed by atoms with Crippen LogP contribution in [0.3, 0.4) is 0 Å². The van der Waals surface area contributed by atoms with Crippen molar-refractivity contribution in [2.45, 2.75) is 38.9 Å². The lowest BCUT2D eigenvalue weighted by molar-refractivity contribution is 0.103. The van der Waals surface area contributed by atoms with Crippen molar-refractivity contribution >= 4 is 13.9 Å². The van der Waals surface area contributed by atoms with E-state index < -0.39 is 8.07 Å². The fourth-order valence-corrected chi connectivity index (χ4v) is 2.49. The molecule has 0 N–H and O–H groups in total. The molecule has 2 heteroatoms. The van der Waals surface area contributed by atoms with Crippen molar-refractivity contribution in [3.8, 4) is 0 Å². The first-order valence-corrected chi connectivity index (χ1v) is 8.77. The number of rotatable bonds is 3. The maximum atomic E-state index is 12.1. The highest BCUT2D eigenvalue weighted by Gasteiger charge is 2.37. The molecule has 1 aromatic rings. The second-order valence-electron chi connectivity index (χ2n) is 5.85. The fourth-order valence-electron chi connectivity index (χ4n) is 1.23. The number of carbonyl (C=O) groups is 1. The van der Waals surface area contributed by atoms with Crippen LogP contribution in [0.2, 0.25) is 18.1 Å². The second-order valence-corrected chi connectivity index (χ2v) is 11.1. The lowest BCUT2D eigenvalue weighted by Gasteiger charge is -2.36. The summed E-state index contributed by atoms with van der Waals surface area (Å²) in [6, 6.07) is 11.5. The lowest BCUT2D eigenvalue weighted by Crippen LogP contribution is -2.40. The Balaban J connectivity index is 2.80. The van der Waals surface area contributed by atoms with E-state index in [9.17, 15) is 4.79 Å². The van der Waals surface area contributed by atoms with Crippen LogP contribution in [0.15, 0.2) is 30.3 Å². The highest BCUT2D eigenvalue weighted by molar-refractivity contribution is 6.87. The standard InChI is InChI=1S/C14H21OSi/c1-14(2,3)16(4,5)11-13(15)12-9-7-6-8-10-12/h6-11H,1-5H3. The van der Waals surface area contributed by atoms with E-state index in [1.165, 1.54) is 0 Å². The van der Waals surface area contributed by atoms with Crippen molar-refractivity contribution in [2.75, 3.05) is 0 Å². The van der Waals surface area contributed by atoms with E-state index in [2.05, 4.69) is 33.9 Å². The molecule has 0 aromatic heterocycles. The predicted octanol–water partition coefficient (Wildman–Crippen LogP) is 4.12. The molecule has 0 aliphatic carbocycles. The van der Waals surface area contributed by atoms with Crippen LogP contribution in [0.5, 0.6) is 0 Å². The van der Waals surface area contributed by atoms with Crippen LogP contribution >= 0.6 is 0 Å². The first-order chi connectivity index (χ1) is 7.24. The molecule has 1 radical (unpaired) electrons. The van der Waals surface area contributed by atoms with E-state index in [-0.39, 0.29) is 10.8 Å². The SMILES string of the molecule is CC(C)(C)[Si](C)(C)[CH]C(=O)c1ccccc1. The van der Waals surface area contributed by atoms with Gasteiger partial charge in [-0.2, -0.15) is 0 Å². The second kappa shape index (κ2) is 4.54. The number of Topliss-reactive ketones (excluding diaryl/α,β-unsaturated/α-hetero) is 1. The first-order valence-electron chi connectivity index (χ1n) is 5.69. The molecule has 0 heterocycles. The maximum Gasteiger partial charge on any atom is 0.163 e. The molecular formula is C14H21OSi. The lowest BCUT2D eigenvalue weighted by atomic mass is 10.1. The molecule has 0 unspecified atom stereocenters. The Kier molecular flexibility index (Phi) is 3.74. The predicted molar refractivity (Wildman–Crippen MR) is 72.3 cm³/mol. The minimum Gasteiger partial charge on any atom is -0.294 e. The normalized spacial score (nSPS) is 12.6. The number of carbonyl (C=O) groups excluding carboxylic acids is 1. The van der Waals surface area contributed by atoms with Crippen molar-refractivity contribution in [3.63, 3.8) is 0 Å². The van der Waals surface area contributed by atoms with Gasteiger partial charge < -0.3 is 0 Å². The highest BCUT2D eigenvalue weighted by Crippen LogP contribution is 2.38. The van der Waals surface area contributed by atoms with Crippen LogP contribution in [0.4, 0.5) is 0 Å². The van der Waals surface area contributed by atoms with Gasteiger partial charge in [0, 0.05) is 11.6 Å². The number of hydrogen-bond acceptors (Lipinski definition) is 1. The molecule has 0 amide bonds. The van der Waals surface area contributed by atoms with Crippen molar-refractivity contribution in [2.24, 2.45) is 0 Å². The van der Waals surface area contributed by atoms with E-state index >= 15 is 0 Å². The maximum absolute atomic E-state index is 12.1. The molecule has 0 atom stereocenters. The number of benzene rings is 1. The average Bonchev–Trinajstić information content (AvgIpc) is 2.16. The quantitative estimate of drug-likeness (QED) is 0.567. The largest absolute Gasteiger partial charge is 0.294 e. The summed E-state index contributed by atoms with van der Waals surface area (Å²) >= 11 is 0. The molecule has 87 valence electrons. The summed E-state index contributed by atoms with van der Waals surface area (Å²) in [6.07, 6.45) is 0. The molecule has 0 bridgehead atoms. The number of hydrogen-bond donors (Lipinski definition) is 0. The molecule has 1 nitrogen and oxygen atoms in total. The minimum atomic E-state index is -1.63. The van der Waals surface area contributed by atoms with Crippen LogP contribution in [0, 0.1) is 6.04 Å². The van der Waals surface area contributed by atoms with Crippen molar-refractivity contribution < 1.29 is 4.79 Å². The van der Waals surface area contributed by atoms with Crippen LogP contribution in [0.1, 0.15) is 31.1 Å². The molecular weight excluding hydrogens is 212 g/mol. The van der Waals surface area contributed by atoms with Gasteiger partial charge in [-0.15, -0.1) is 0 Å². The van der Waals surface area contributed by atoms with Gasteiger partial charge in [-0.25, -0.2) is 0 Å². The Hall–Kier alpha value is -0.893. The van der Waals surface area contributed by atoms with E-state index in [1.54, 1.807) is 0 Å². The van der Waals surface area contributed by atoms with E-state index in [4.69, 9.17) is 0 Å². The summed E-state index contributed by atoms with van der Waals surface area (Å²) in [5.41, 5.74) is 0.798. The van der Waals surface area contributed by atoms with Gasteiger partial charge in [0.2, 0.25) is 0 Å². The summed E-state index contributed by atoms with van der Waals surface area (Å²) in [5.74, 6) is 0.173. The van der Waals surface area contributed by atoms with E-state index in [1.807, 2.05) is 36.4 Å². The molecule has 0 fully saturated rings. The van der Waals surface area contributed by atoms with Gasteiger partial charge in [0.1, 0.15) is 0 Å². The third-order valence-corrected chi connectivity index (χ3v) is 8.33. The highest BCUT2D eigenvalue weighted by atomic mass is 28.3. The first kappa shape index (κ1) is 13.2. The Labute approximate surface area is 99.9 Å². The van der Waals surface area contributed by atoms with Gasteiger partial charge >= 0.3 is 0 Å². The van der Waals surface area contributed by atoms with Crippen LogP contribution in [-0.4, -0.2) is 13.9 Å². The topological polar surface area (TPSA) is 17.1 Å². The van der Waals surface area contributed by atoms with Crippen LogP contribution in [0.25, 0.3) is 0 Å². The average molecular weight is 233 g/mol. The number of ketones is 1. The molecule has 0 saturated carbocycles. The van der Waals surface area contributed by atoms with Crippen molar-refractivity contribution in [1.29, 1.82) is 0 Å². The zero-order valence-electron chi connectivity index (χ0n) is 10.9. The molecule has 16 heavy (non-hydrogen) atoms. The van der Waals surface area contributed by atoms with Crippen LogP contribution < -0.4 is 0 Å². The van der Waals surface area contributed by atoms with E-state index in [0.717, 1.165) is 5.56 Å². The van der Waals surface area contributed by atoms with E-state index in [0.29, 0.717) is 0 Å². The summed E-state index contributed by atoms with van der Waals surface area (Å²) < 4.78 is 0. The minimum absolute atomic E-state index is 0.173. The Morgan fingerprint density at radius 3 is 2.06 bits per heavy atom. The van der Waals surface area contributed by atoms with Crippen molar-refractivity contribution in [1.82, 2.24) is 0 Å². The molecule has 0 aliphatic heterocycles. The van der Waals surface area contributed by atoms with Gasteiger partial charge in [0.15, 0.2) is 5.78 Å². The third-order valence-electron chi connectivity index (χ3n) is 3.48. The zero-order valence-corrected chi connectivity index (χ0v) is 11.9. The Morgan fingerprint density at radius 1 is 1.12 bits per heavy atom. The molecule has 1 aromatic carbocycles. The van der Waals surface area contributed by atoms with Gasteiger partial charge in [0.05, 0.1) is 8.07 Å². The Bertz CT molecular complexity index is 360. The molecule has 1 rings (SSSR count). The monoisotopic (exact) mass is 233 g/mol. The summed E-state index contributed by atoms with van der Waals surface area (Å²) in [4.78, 5) is 12.1. The third kappa shape index (κ3) is 3.05. The van der Waals surface area contributed by atoms with Gasteiger partial charge in [-0.3, -0.25) is 4.79 Å². The van der Waals surface area contributed by atoms with Crippen LogP contribution in [-0.2, 0) is 0 Å².